The number of aromatic nitrogens is 4. The van der Waals surface area contributed by atoms with Gasteiger partial charge in [-0.2, -0.15) is 0 Å². The van der Waals surface area contributed by atoms with E-state index in [0.717, 1.165) is 0 Å². The quantitative estimate of drug-likeness (QED) is 0.440. The van der Waals surface area contributed by atoms with Crippen LogP contribution in [0.25, 0.3) is 23.0 Å². The number of nitrogens with zero attached hydrogens (tertiary/aromatic N) is 4. The molecule has 29 heavy (non-hydrogen) atoms. The number of rotatable bonds is 8. The number of furan rings is 1. The molecule has 3 heterocycles. The maximum absolute atomic E-state index is 13.1. The van der Waals surface area contributed by atoms with Crippen LogP contribution in [-0.4, -0.2) is 25.7 Å². The highest BCUT2D eigenvalue weighted by molar-refractivity contribution is 7.98. The van der Waals surface area contributed by atoms with Crippen molar-refractivity contribution in [2.24, 2.45) is 5.73 Å². The van der Waals surface area contributed by atoms with Crippen molar-refractivity contribution >= 4 is 17.7 Å². The van der Waals surface area contributed by atoms with E-state index in [2.05, 4.69) is 15.2 Å². The number of benzene rings is 1. The summed E-state index contributed by atoms with van der Waals surface area (Å²) >= 11 is 1.39. The first-order chi connectivity index (χ1) is 14.1. The molecule has 10 heteroatoms. The van der Waals surface area contributed by atoms with Crippen LogP contribution in [0.4, 0.5) is 4.39 Å². The smallest absolute Gasteiger partial charge is 0.226 e. The van der Waals surface area contributed by atoms with Gasteiger partial charge in [-0.1, -0.05) is 11.8 Å². The number of hydrogen-bond acceptors (Lipinski definition) is 7. The summed E-state index contributed by atoms with van der Waals surface area (Å²) in [6.45, 7) is 0.334. The highest BCUT2D eigenvalue weighted by Crippen LogP contribution is 2.28. The lowest BCUT2D eigenvalue weighted by Gasteiger charge is -2.07. The van der Waals surface area contributed by atoms with Crippen LogP contribution in [0.5, 0.6) is 0 Å². The molecule has 3 aromatic heterocycles. The minimum Gasteiger partial charge on any atom is -0.461 e. The lowest BCUT2D eigenvalue weighted by molar-refractivity contribution is -0.118. The van der Waals surface area contributed by atoms with Crippen LogP contribution in [-0.2, 0) is 17.1 Å². The van der Waals surface area contributed by atoms with E-state index in [-0.39, 0.29) is 12.2 Å². The van der Waals surface area contributed by atoms with E-state index >= 15 is 0 Å². The van der Waals surface area contributed by atoms with Crippen LogP contribution in [0.1, 0.15) is 12.1 Å². The average Bonchev–Trinajstić information content (AvgIpc) is 3.45. The van der Waals surface area contributed by atoms with Gasteiger partial charge in [0.05, 0.1) is 12.0 Å². The highest BCUT2D eigenvalue weighted by atomic mass is 32.2. The van der Waals surface area contributed by atoms with E-state index in [1.807, 2.05) is 0 Å². The maximum atomic E-state index is 13.1. The van der Waals surface area contributed by atoms with E-state index in [9.17, 15) is 9.18 Å². The summed E-state index contributed by atoms with van der Waals surface area (Å²) in [5.41, 5.74) is 6.67. The molecule has 0 unspecified atom stereocenters. The van der Waals surface area contributed by atoms with Crippen LogP contribution in [0.3, 0.4) is 0 Å². The van der Waals surface area contributed by atoms with E-state index in [0.29, 0.717) is 46.2 Å². The van der Waals surface area contributed by atoms with Crippen molar-refractivity contribution < 1.29 is 18.0 Å². The van der Waals surface area contributed by atoms with Crippen LogP contribution in [0.15, 0.2) is 62.9 Å². The first kappa shape index (κ1) is 18.9. The standard InChI is InChI=1S/C19H16FN5O3S/c20-13-5-3-12(4-6-13)18-22-14(10-28-18)11-29-19-24-23-17(15-2-1-9-27-15)25(19)8-7-16(21)26/h1-6,9-10H,7-8,11H2,(H2,21,26). The van der Waals surface area contributed by atoms with Crippen molar-refractivity contribution in [1.29, 1.82) is 0 Å². The predicted octanol–water partition coefficient (Wildman–Crippen LogP) is 3.50. The molecule has 4 rings (SSSR count). The third-order valence-corrected chi connectivity index (χ3v) is 5.03. The number of thioether (sulfide) groups is 1. The second-order valence-corrected chi connectivity index (χ2v) is 7.03. The Labute approximate surface area is 168 Å². The molecule has 1 aromatic carbocycles. The van der Waals surface area contributed by atoms with E-state index in [1.165, 1.54) is 23.9 Å². The van der Waals surface area contributed by atoms with Crippen molar-refractivity contribution in [3.8, 4) is 23.0 Å². The fourth-order valence-electron chi connectivity index (χ4n) is 2.64. The summed E-state index contributed by atoms with van der Waals surface area (Å²) in [7, 11) is 0. The van der Waals surface area contributed by atoms with Crippen molar-refractivity contribution in [1.82, 2.24) is 19.7 Å². The first-order valence-corrected chi connectivity index (χ1v) is 9.67. The Kier molecular flexibility index (Phi) is 5.43. The van der Waals surface area contributed by atoms with E-state index < -0.39 is 5.91 Å². The van der Waals surface area contributed by atoms with Gasteiger partial charge in [-0.3, -0.25) is 9.36 Å². The molecule has 0 aliphatic rings. The predicted molar refractivity (Wildman–Crippen MR) is 103 cm³/mol. The molecule has 0 saturated heterocycles. The zero-order valence-electron chi connectivity index (χ0n) is 15.1. The summed E-state index contributed by atoms with van der Waals surface area (Å²) in [5, 5.41) is 8.98. The summed E-state index contributed by atoms with van der Waals surface area (Å²) < 4.78 is 25.7. The molecule has 0 atom stereocenters. The molecule has 4 aromatic rings. The van der Waals surface area contributed by atoms with Gasteiger partial charge in [-0.15, -0.1) is 10.2 Å². The molecule has 0 radical (unpaired) electrons. The van der Waals surface area contributed by atoms with Gasteiger partial charge in [0, 0.05) is 24.3 Å². The number of carbonyl (C=O) groups excluding carboxylic acids is 1. The number of primary amides is 1. The summed E-state index contributed by atoms with van der Waals surface area (Å²) in [5.74, 6) is 1.21. The van der Waals surface area contributed by atoms with Crippen LogP contribution >= 0.6 is 11.8 Å². The van der Waals surface area contributed by atoms with Crippen LogP contribution in [0.2, 0.25) is 0 Å². The van der Waals surface area contributed by atoms with Crippen LogP contribution in [0, 0.1) is 5.82 Å². The summed E-state index contributed by atoms with van der Waals surface area (Å²) in [6.07, 6.45) is 3.24. The number of amides is 1. The van der Waals surface area contributed by atoms with Crippen molar-refractivity contribution in [2.75, 3.05) is 0 Å². The van der Waals surface area contributed by atoms with Gasteiger partial charge in [0.2, 0.25) is 11.8 Å². The third kappa shape index (κ3) is 4.37. The topological polar surface area (TPSA) is 113 Å². The summed E-state index contributed by atoms with van der Waals surface area (Å²) in [6, 6.07) is 9.44. The van der Waals surface area contributed by atoms with Gasteiger partial charge in [0.25, 0.3) is 0 Å². The zero-order valence-corrected chi connectivity index (χ0v) is 15.9. The monoisotopic (exact) mass is 413 g/mol. The van der Waals surface area contributed by atoms with E-state index in [4.69, 9.17) is 14.6 Å². The Hall–Kier alpha value is -3.40. The molecule has 148 valence electrons. The molecule has 8 nitrogen and oxygen atoms in total. The highest BCUT2D eigenvalue weighted by Gasteiger charge is 2.17. The molecule has 0 aliphatic heterocycles. The molecular weight excluding hydrogens is 397 g/mol. The number of nitrogens with two attached hydrogens (primary N) is 1. The SMILES string of the molecule is NC(=O)CCn1c(SCc2coc(-c3ccc(F)cc3)n2)nnc1-c1ccco1. The molecule has 0 saturated carbocycles. The van der Waals surface area contributed by atoms with Gasteiger partial charge >= 0.3 is 0 Å². The fraction of sp³-hybridized carbons (Fsp3) is 0.158. The van der Waals surface area contributed by atoms with Crippen LogP contribution < -0.4 is 5.73 Å². The van der Waals surface area contributed by atoms with Crippen molar-refractivity contribution in [3.05, 3.63) is 60.4 Å². The molecular formula is C19H16FN5O3S. The Morgan fingerprint density at radius 2 is 2.00 bits per heavy atom. The minimum atomic E-state index is -0.416. The zero-order chi connectivity index (χ0) is 20.2. The largest absolute Gasteiger partial charge is 0.461 e. The number of carbonyl (C=O) groups is 1. The first-order valence-electron chi connectivity index (χ1n) is 8.68. The average molecular weight is 413 g/mol. The second-order valence-electron chi connectivity index (χ2n) is 6.09. The van der Waals surface area contributed by atoms with Gasteiger partial charge in [-0.25, -0.2) is 9.37 Å². The Morgan fingerprint density at radius 3 is 2.72 bits per heavy atom. The van der Waals surface area contributed by atoms with Crippen molar-refractivity contribution in [2.45, 2.75) is 23.9 Å². The lowest BCUT2D eigenvalue weighted by atomic mass is 10.2. The van der Waals surface area contributed by atoms with Crippen molar-refractivity contribution in [3.63, 3.8) is 0 Å². The molecule has 0 spiro atoms. The number of hydrogen-bond donors (Lipinski definition) is 1. The molecule has 0 fully saturated rings. The van der Waals surface area contributed by atoms with Gasteiger partial charge in [0.15, 0.2) is 16.7 Å². The Morgan fingerprint density at radius 1 is 1.17 bits per heavy atom. The summed E-state index contributed by atoms with van der Waals surface area (Å²) in [4.78, 5) is 15.7. The molecule has 2 N–H and O–H groups in total. The Bertz CT molecular complexity index is 1110. The third-order valence-electron chi connectivity index (χ3n) is 4.03. The molecule has 0 bridgehead atoms. The normalized spacial score (nSPS) is 11.1. The van der Waals surface area contributed by atoms with Gasteiger partial charge < -0.3 is 14.6 Å². The Balaban J connectivity index is 1.51. The fourth-order valence-corrected chi connectivity index (χ4v) is 3.49. The lowest BCUT2D eigenvalue weighted by Crippen LogP contribution is -2.15. The molecule has 0 aliphatic carbocycles. The maximum Gasteiger partial charge on any atom is 0.226 e. The number of halogens is 1. The number of oxazole rings is 1. The van der Waals surface area contributed by atoms with Gasteiger partial charge in [-0.05, 0) is 36.4 Å². The van der Waals surface area contributed by atoms with Gasteiger partial charge in [0.1, 0.15) is 12.1 Å². The minimum absolute atomic E-state index is 0.151. The second kappa shape index (κ2) is 8.31. The molecule has 1 amide bonds. The van der Waals surface area contributed by atoms with E-state index in [1.54, 1.807) is 41.4 Å².